The van der Waals surface area contributed by atoms with Crippen LogP contribution in [0.4, 0.5) is 0 Å². The predicted molar refractivity (Wildman–Crippen MR) is 56.6 cm³/mol. The summed E-state index contributed by atoms with van der Waals surface area (Å²) in [6.45, 7) is 2.45. The Balaban J connectivity index is 2.10. The predicted octanol–water partition coefficient (Wildman–Crippen LogP) is 3.71. The molecule has 3 unspecified atom stereocenters. The lowest BCUT2D eigenvalue weighted by Crippen LogP contribution is -2.38. The minimum Gasteiger partial charge on any atom is -0.159 e. The summed E-state index contributed by atoms with van der Waals surface area (Å²) < 4.78 is 0.709. The van der Waals surface area contributed by atoms with Crippen molar-refractivity contribution in [2.24, 2.45) is 11.8 Å². The summed E-state index contributed by atoms with van der Waals surface area (Å²) >= 11 is 2.15. The van der Waals surface area contributed by atoms with E-state index in [1.54, 1.807) is 0 Å². The van der Waals surface area contributed by atoms with Gasteiger partial charge in [0.05, 0.1) is 0 Å². The highest BCUT2D eigenvalue weighted by Gasteiger charge is 2.40. The average molecular weight is 184 g/mol. The maximum atomic E-state index is 2.45. The highest BCUT2D eigenvalue weighted by atomic mass is 32.2. The van der Waals surface area contributed by atoms with Gasteiger partial charge in [0.15, 0.2) is 0 Å². The van der Waals surface area contributed by atoms with Crippen LogP contribution in [0, 0.1) is 11.8 Å². The third kappa shape index (κ3) is 1.53. The Morgan fingerprint density at radius 1 is 1.33 bits per heavy atom. The number of hydrogen-bond acceptors (Lipinski definition) is 1. The van der Waals surface area contributed by atoms with E-state index in [0.29, 0.717) is 4.75 Å². The van der Waals surface area contributed by atoms with Gasteiger partial charge in [-0.05, 0) is 43.8 Å². The normalized spacial score (nSPS) is 47.5. The first kappa shape index (κ1) is 8.93. The molecule has 0 saturated heterocycles. The molecule has 0 aliphatic heterocycles. The fourth-order valence-corrected chi connectivity index (χ4v) is 4.59. The summed E-state index contributed by atoms with van der Waals surface area (Å²) in [6.07, 6.45) is 11.4. The molecule has 0 heterocycles. The van der Waals surface area contributed by atoms with E-state index in [2.05, 4.69) is 24.9 Å². The second-order valence-electron chi connectivity index (χ2n) is 4.89. The molecule has 0 spiro atoms. The Bertz CT molecular complexity index is 162. The molecule has 1 heteroatoms. The second kappa shape index (κ2) is 3.25. The smallest absolute Gasteiger partial charge is 0.0162 e. The van der Waals surface area contributed by atoms with E-state index in [1.807, 2.05) is 0 Å². The van der Waals surface area contributed by atoms with Gasteiger partial charge in [-0.3, -0.25) is 0 Å². The Morgan fingerprint density at radius 2 is 2.17 bits per heavy atom. The van der Waals surface area contributed by atoms with Gasteiger partial charge in [-0.2, -0.15) is 11.8 Å². The molecule has 0 aromatic rings. The van der Waals surface area contributed by atoms with E-state index in [-0.39, 0.29) is 0 Å². The van der Waals surface area contributed by atoms with Crippen LogP contribution in [0.25, 0.3) is 0 Å². The largest absolute Gasteiger partial charge is 0.159 e. The van der Waals surface area contributed by atoms with Crippen LogP contribution >= 0.6 is 11.8 Å². The van der Waals surface area contributed by atoms with Crippen LogP contribution in [0.15, 0.2) is 0 Å². The van der Waals surface area contributed by atoms with E-state index in [9.17, 15) is 0 Å². The van der Waals surface area contributed by atoms with Crippen molar-refractivity contribution in [1.82, 2.24) is 0 Å². The van der Waals surface area contributed by atoms with Crippen molar-refractivity contribution in [1.29, 1.82) is 0 Å². The maximum absolute atomic E-state index is 2.45. The Morgan fingerprint density at radius 3 is 2.92 bits per heavy atom. The van der Waals surface area contributed by atoms with Crippen molar-refractivity contribution in [3.8, 4) is 0 Å². The van der Waals surface area contributed by atoms with E-state index >= 15 is 0 Å². The lowest BCUT2D eigenvalue weighted by molar-refractivity contribution is 0.171. The lowest BCUT2D eigenvalue weighted by atomic mass is 9.68. The van der Waals surface area contributed by atoms with Crippen molar-refractivity contribution in [2.45, 2.75) is 50.2 Å². The first-order valence-electron chi connectivity index (χ1n) is 5.29. The quantitative estimate of drug-likeness (QED) is 0.598. The molecule has 2 bridgehead atoms. The molecular weight excluding hydrogens is 164 g/mol. The fraction of sp³-hybridized carbons (Fsp3) is 1.00. The zero-order valence-corrected chi connectivity index (χ0v) is 9.12. The van der Waals surface area contributed by atoms with Crippen LogP contribution in [0.1, 0.15) is 45.4 Å². The summed E-state index contributed by atoms with van der Waals surface area (Å²) in [5.41, 5.74) is 0. The van der Waals surface area contributed by atoms with Crippen LogP contribution in [0.5, 0.6) is 0 Å². The summed E-state index contributed by atoms with van der Waals surface area (Å²) in [6, 6.07) is 0. The summed E-state index contributed by atoms with van der Waals surface area (Å²) in [4.78, 5) is 0. The number of rotatable bonds is 1. The summed E-state index contributed by atoms with van der Waals surface area (Å²) in [5, 5.41) is 0. The highest BCUT2D eigenvalue weighted by molar-refractivity contribution is 8.00. The van der Waals surface area contributed by atoms with Gasteiger partial charge in [0.1, 0.15) is 0 Å². The Hall–Kier alpha value is 0.350. The van der Waals surface area contributed by atoms with Gasteiger partial charge in [0.2, 0.25) is 0 Å². The van der Waals surface area contributed by atoms with Crippen molar-refractivity contribution in [3.05, 3.63) is 0 Å². The molecule has 2 rings (SSSR count). The zero-order chi connectivity index (χ0) is 8.60. The van der Waals surface area contributed by atoms with Crippen LogP contribution < -0.4 is 0 Å². The molecule has 12 heavy (non-hydrogen) atoms. The van der Waals surface area contributed by atoms with Gasteiger partial charge >= 0.3 is 0 Å². The third-order valence-corrected chi connectivity index (χ3v) is 5.20. The molecule has 0 nitrogen and oxygen atoms in total. The monoisotopic (exact) mass is 184 g/mol. The van der Waals surface area contributed by atoms with Crippen molar-refractivity contribution < 1.29 is 0 Å². The van der Waals surface area contributed by atoms with Gasteiger partial charge in [0.25, 0.3) is 0 Å². The minimum absolute atomic E-state index is 0.709. The fourth-order valence-electron chi connectivity index (χ4n) is 3.39. The van der Waals surface area contributed by atoms with E-state index in [1.165, 1.54) is 38.5 Å². The van der Waals surface area contributed by atoms with Crippen LogP contribution in [0.2, 0.25) is 0 Å². The van der Waals surface area contributed by atoms with Gasteiger partial charge in [-0.1, -0.05) is 19.8 Å². The van der Waals surface area contributed by atoms with E-state index in [0.717, 1.165) is 11.8 Å². The van der Waals surface area contributed by atoms with Gasteiger partial charge in [-0.15, -0.1) is 0 Å². The SMILES string of the molecule is CSC12CCCC(CC(C)C1)C2. The first-order chi connectivity index (χ1) is 5.74. The van der Waals surface area contributed by atoms with Crippen molar-refractivity contribution in [3.63, 3.8) is 0 Å². The second-order valence-corrected chi connectivity index (χ2v) is 6.17. The zero-order valence-electron chi connectivity index (χ0n) is 8.31. The molecule has 0 radical (unpaired) electrons. The summed E-state index contributed by atoms with van der Waals surface area (Å²) in [5.74, 6) is 2.08. The number of hydrogen-bond donors (Lipinski definition) is 0. The molecule has 3 atom stereocenters. The molecule has 0 aromatic heterocycles. The molecule has 0 aromatic carbocycles. The minimum atomic E-state index is 0.709. The Kier molecular flexibility index (Phi) is 2.42. The molecule has 0 amide bonds. The average Bonchev–Trinajstić information content (AvgIpc) is 2.03. The topological polar surface area (TPSA) is 0 Å². The molecule has 2 aliphatic rings. The third-order valence-electron chi connectivity index (χ3n) is 3.79. The van der Waals surface area contributed by atoms with Crippen LogP contribution in [-0.4, -0.2) is 11.0 Å². The van der Waals surface area contributed by atoms with Crippen LogP contribution in [0.3, 0.4) is 0 Å². The summed E-state index contributed by atoms with van der Waals surface area (Å²) in [7, 11) is 0. The van der Waals surface area contributed by atoms with Crippen LogP contribution in [-0.2, 0) is 0 Å². The molecule has 70 valence electrons. The number of thioether (sulfide) groups is 1. The molecule has 2 fully saturated rings. The lowest BCUT2D eigenvalue weighted by Gasteiger charge is -2.46. The maximum Gasteiger partial charge on any atom is 0.0162 e. The van der Waals surface area contributed by atoms with Crippen molar-refractivity contribution >= 4 is 11.8 Å². The molecular formula is C11H20S. The molecule has 0 N–H and O–H groups in total. The highest BCUT2D eigenvalue weighted by Crippen LogP contribution is 2.51. The Labute approximate surface area is 80.5 Å². The van der Waals surface area contributed by atoms with Gasteiger partial charge in [-0.25, -0.2) is 0 Å². The van der Waals surface area contributed by atoms with E-state index in [4.69, 9.17) is 0 Å². The number of fused-ring (bicyclic) bond motifs is 2. The molecule has 2 saturated carbocycles. The van der Waals surface area contributed by atoms with Crippen molar-refractivity contribution in [2.75, 3.05) is 6.26 Å². The van der Waals surface area contributed by atoms with E-state index < -0.39 is 0 Å². The van der Waals surface area contributed by atoms with Gasteiger partial charge in [0, 0.05) is 4.75 Å². The van der Waals surface area contributed by atoms with Gasteiger partial charge < -0.3 is 0 Å². The standard InChI is InChI=1S/C11H20S/c1-9-6-10-4-3-5-11(7-9,8-10)12-2/h9-10H,3-8H2,1-2H3. The molecule has 2 aliphatic carbocycles. The first-order valence-corrected chi connectivity index (χ1v) is 6.52.